The predicted octanol–water partition coefficient (Wildman–Crippen LogP) is 14.9. The Morgan fingerprint density at radius 1 is 0.447 bits per heavy atom. The van der Waals surface area contributed by atoms with Crippen molar-refractivity contribution in [1.29, 1.82) is 0 Å². The smallest absolute Gasteiger partial charge is 0.249 e. The largest absolute Gasteiger partial charge is 0.394 e. The molecule has 11 heteroatoms. The lowest BCUT2D eigenvalue weighted by Crippen LogP contribution is -2.60. The van der Waals surface area contributed by atoms with Crippen molar-refractivity contribution in [3.63, 3.8) is 0 Å². The van der Waals surface area contributed by atoms with Crippen molar-refractivity contribution in [3.8, 4) is 0 Å². The van der Waals surface area contributed by atoms with Crippen LogP contribution in [-0.2, 0) is 14.3 Å². The van der Waals surface area contributed by atoms with Crippen LogP contribution in [0.3, 0.4) is 0 Å². The van der Waals surface area contributed by atoms with Crippen LogP contribution < -0.4 is 5.32 Å². The predicted molar refractivity (Wildman–Crippen MR) is 316 cm³/mol. The van der Waals surface area contributed by atoms with Crippen molar-refractivity contribution in [2.24, 2.45) is 0 Å². The molecule has 0 saturated carbocycles. The van der Waals surface area contributed by atoms with Gasteiger partial charge in [-0.15, -0.1) is 0 Å². The van der Waals surface area contributed by atoms with Gasteiger partial charge in [0, 0.05) is 0 Å². The van der Waals surface area contributed by atoms with Gasteiger partial charge in [0.05, 0.1) is 25.4 Å². The number of unbranched alkanes of at least 4 members (excludes halogenated alkanes) is 41. The zero-order chi connectivity index (χ0) is 55.4. The molecule has 9 atom stereocenters. The molecule has 1 amide bonds. The van der Waals surface area contributed by atoms with Crippen LogP contribution in [0.1, 0.15) is 316 Å². The highest BCUT2D eigenvalue weighted by Crippen LogP contribution is 2.24. The summed E-state index contributed by atoms with van der Waals surface area (Å²) in [6.45, 7) is 3.47. The maximum atomic E-state index is 13.2. The van der Waals surface area contributed by atoms with Gasteiger partial charge in [0.25, 0.3) is 0 Å². The number of hydrogen-bond donors (Lipinski definition) is 8. The Bertz CT molecular complexity index is 1280. The molecular weight excluding hydrogens is 955 g/mol. The number of hydrogen-bond acceptors (Lipinski definition) is 10. The third-order valence-electron chi connectivity index (χ3n) is 16.0. The number of carbonyl (C=O) groups is 1. The van der Waals surface area contributed by atoms with Gasteiger partial charge in [-0.2, -0.15) is 0 Å². The van der Waals surface area contributed by atoms with Gasteiger partial charge >= 0.3 is 0 Å². The second-order valence-electron chi connectivity index (χ2n) is 23.2. The second-order valence-corrected chi connectivity index (χ2v) is 23.2. The maximum Gasteiger partial charge on any atom is 0.249 e. The second kappa shape index (κ2) is 54.2. The third-order valence-corrected chi connectivity index (χ3v) is 16.0. The first-order chi connectivity index (χ1) is 37.2. The highest BCUT2D eigenvalue weighted by molar-refractivity contribution is 5.80. The Balaban J connectivity index is 2.19. The summed E-state index contributed by atoms with van der Waals surface area (Å²) in [7, 11) is 0. The van der Waals surface area contributed by atoms with E-state index in [1.165, 1.54) is 231 Å². The SMILES string of the molecule is CCCCCCCCCC/C=C/CC/C=C/CCCC(O)C(O)C(COC1OC(CO)C(O)C(O)C1O)NC(=O)C(O)CCCCCCCCCCCCCCCCCCCCCCCCCCCCCCCCCC. The van der Waals surface area contributed by atoms with Gasteiger partial charge in [-0.3, -0.25) is 4.79 Å². The minimum atomic E-state index is -1.67. The molecule has 0 bridgehead atoms. The Hall–Kier alpha value is -1.41. The van der Waals surface area contributed by atoms with Gasteiger partial charge < -0.3 is 50.5 Å². The maximum absolute atomic E-state index is 13.2. The first kappa shape index (κ1) is 72.6. The first-order valence-electron chi connectivity index (χ1n) is 32.7. The summed E-state index contributed by atoms with van der Waals surface area (Å²) >= 11 is 0. The van der Waals surface area contributed by atoms with Gasteiger partial charge in [0.1, 0.15) is 36.6 Å². The summed E-state index contributed by atoms with van der Waals surface area (Å²) in [5.41, 5.74) is 0. The van der Waals surface area contributed by atoms with E-state index >= 15 is 0 Å². The fourth-order valence-corrected chi connectivity index (χ4v) is 10.7. The topological polar surface area (TPSA) is 189 Å². The number of ether oxygens (including phenoxy) is 2. The van der Waals surface area contributed by atoms with E-state index in [9.17, 15) is 40.5 Å². The quantitative estimate of drug-likeness (QED) is 0.0215. The lowest BCUT2D eigenvalue weighted by atomic mass is 9.98. The van der Waals surface area contributed by atoms with Gasteiger partial charge in [-0.25, -0.2) is 0 Å². The zero-order valence-electron chi connectivity index (χ0n) is 49.5. The van der Waals surface area contributed by atoms with E-state index in [2.05, 4.69) is 43.5 Å². The molecule has 0 radical (unpaired) electrons. The molecule has 1 rings (SSSR count). The summed E-state index contributed by atoms with van der Waals surface area (Å²) in [6.07, 6.45) is 55.5. The lowest BCUT2D eigenvalue weighted by Gasteiger charge is -2.40. The molecule has 1 aliphatic heterocycles. The van der Waals surface area contributed by atoms with Crippen molar-refractivity contribution in [3.05, 3.63) is 24.3 Å². The Labute approximate surface area is 467 Å². The number of nitrogens with one attached hydrogen (secondary N) is 1. The number of aliphatic hydroxyl groups excluding tert-OH is 7. The molecule has 11 nitrogen and oxygen atoms in total. The van der Waals surface area contributed by atoms with Crippen LogP contribution in [0.2, 0.25) is 0 Å². The van der Waals surface area contributed by atoms with E-state index < -0.39 is 74.2 Å². The van der Waals surface area contributed by atoms with Crippen LogP contribution in [0.4, 0.5) is 0 Å². The van der Waals surface area contributed by atoms with Crippen LogP contribution >= 0.6 is 0 Å². The fourth-order valence-electron chi connectivity index (χ4n) is 10.7. The number of allylic oxidation sites excluding steroid dienone is 4. The molecule has 0 aromatic carbocycles. The fraction of sp³-hybridized carbons (Fsp3) is 0.923. The Kier molecular flexibility index (Phi) is 51.8. The van der Waals surface area contributed by atoms with Crippen molar-refractivity contribution < 1.29 is 50.0 Å². The average Bonchev–Trinajstić information content (AvgIpc) is 3.42. The molecule has 450 valence electrons. The summed E-state index contributed by atoms with van der Waals surface area (Å²) in [5.74, 6) is -0.704. The van der Waals surface area contributed by atoms with Gasteiger partial charge in [0.15, 0.2) is 6.29 Å². The number of aliphatic hydroxyl groups is 7. The molecule has 1 fully saturated rings. The molecule has 1 aliphatic rings. The van der Waals surface area contributed by atoms with E-state index in [-0.39, 0.29) is 12.8 Å². The van der Waals surface area contributed by atoms with E-state index in [4.69, 9.17) is 9.47 Å². The minimum absolute atomic E-state index is 0.249. The molecule has 1 heterocycles. The molecule has 0 aliphatic carbocycles. The van der Waals surface area contributed by atoms with Crippen LogP contribution in [0.5, 0.6) is 0 Å². The standard InChI is InChI=1S/C65H125NO10/c1-3-5-7-9-11-13-15-17-19-21-22-23-24-25-26-27-28-29-30-31-32-33-34-35-37-39-41-43-45-47-49-51-53-58(69)64(74)66-56(55-75-65-63(73)62(72)61(71)59(54-67)76-65)60(70)57(68)52-50-48-46-44-42-40-38-36-20-18-16-14-12-10-8-6-4-2/h36,38,44,46,56-63,65,67-73H,3-35,37,39-43,45,47-55H2,1-2H3,(H,66,74)/b38-36+,46-44+. The molecule has 8 N–H and O–H groups in total. The van der Waals surface area contributed by atoms with E-state index in [0.29, 0.717) is 19.3 Å². The summed E-state index contributed by atoms with van der Waals surface area (Å²) in [5, 5.41) is 76.2. The molecular formula is C65H125NO10. The van der Waals surface area contributed by atoms with E-state index in [1.807, 2.05) is 0 Å². The van der Waals surface area contributed by atoms with E-state index in [0.717, 1.165) is 38.5 Å². The number of carbonyl (C=O) groups excluding carboxylic acids is 1. The highest BCUT2D eigenvalue weighted by atomic mass is 16.7. The van der Waals surface area contributed by atoms with Crippen LogP contribution in [-0.4, -0.2) is 110 Å². The van der Waals surface area contributed by atoms with Crippen molar-refractivity contribution >= 4 is 5.91 Å². The molecule has 76 heavy (non-hydrogen) atoms. The highest BCUT2D eigenvalue weighted by Gasteiger charge is 2.44. The first-order valence-corrected chi connectivity index (χ1v) is 32.7. The Morgan fingerprint density at radius 3 is 1.17 bits per heavy atom. The summed E-state index contributed by atoms with van der Waals surface area (Å²) in [6, 6.07) is -1.19. The van der Waals surface area contributed by atoms with Crippen LogP contribution in [0, 0.1) is 0 Å². The minimum Gasteiger partial charge on any atom is -0.394 e. The molecule has 0 aromatic heterocycles. The zero-order valence-corrected chi connectivity index (χ0v) is 49.5. The summed E-state index contributed by atoms with van der Waals surface area (Å²) < 4.78 is 11.1. The van der Waals surface area contributed by atoms with Crippen molar-refractivity contribution in [2.45, 2.75) is 371 Å². The molecule has 0 spiro atoms. The van der Waals surface area contributed by atoms with Crippen molar-refractivity contribution in [2.75, 3.05) is 13.2 Å². The lowest BCUT2D eigenvalue weighted by molar-refractivity contribution is -0.303. The van der Waals surface area contributed by atoms with Gasteiger partial charge in [-0.1, -0.05) is 289 Å². The monoisotopic (exact) mass is 1080 g/mol. The van der Waals surface area contributed by atoms with E-state index in [1.54, 1.807) is 0 Å². The van der Waals surface area contributed by atoms with Crippen molar-refractivity contribution in [1.82, 2.24) is 5.32 Å². The normalized spacial score (nSPS) is 19.7. The number of amides is 1. The number of rotatable bonds is 57. The Morgan fingerprint density at radius 2 is 0.789 bits per heavy atom. The third kappa shape index (κ3) is 41.6. The molecule has 0 aromatic rings. The van der Waals surface area contributed by atoms with Gasteiger partial charge in [-0.05, 0) is 51.4 Å². The van der Waals surface area contributed by atoms with Gasteiger partial charge in [0.2, 0.25) is 5.91 Å². The molecule has 9 unspecified atom stereocenters. The average molecular weight is 1080 g/mol. The molecule has 1 saturated heterocycles. The van der Waals surface area contributed by atoms with Crippen LogP contribution in [0.25, 0.3) is 0 Å². The van der Waals surface area contributed by atoms with Crippen LogP contribution in [0.15, 0.2) is 24.3 Å². The summed E-state index contributed by atoms with van der Waals surface area (Å²) in [4.78, 5) is 13.2.